The van der Waals surface area contributed by atoms with Gasteiger partial charge in [0.05, 0.1) is 13.2 Å². The van der Waals surface area contributed by atoms with Crippen LogP contribution in [0.15, 0.2) is 0 Å². The average Bonchev–Trinajstić information content (AvgIpc) is 2.46. The lowest BCUT2D eigenvalue weighted by molar-refractivity contribution is -0.0297. The lowest BCUT2D eigenvalue weighted by Crippen LogP contribution is -2.52. The summed E-state index contributed by atoms with van der Waals surface area (Å²) in [6.45, 7) is 17.9. The minimum absolute atomic E-state index is 0.416. The Hall–Kier alpha value is -0.120. The van der Waals surface area contributed by atoms with E-state index in [9.17, 15) is 0 Å². The van der Waals surface area contributed by atoms with E-state index in [0.717, 1.165) is 38.8 Å². The van der Waals surface area contributed by atoms with Crippen molar-refractivity contribution in [3.63, 3.8) is 0 Å². The third kappa shape index (κ3) is 5.34. The monoisotopic (exact) mass is 284 g/mol. The van der Waals surface area contributed by atoms with Gasteiger partial charge in [-0.25, -0.2) is 0 Å². The fourth-order valence-electron chi connectivity index (χ4n) is 3.11. The van der Waals surface area contributed by atoms with Gasteiger partial charge in [0.15, 0.2) is 0 Å². The van der Waals surface area contributed by atoms with Gasteiger partial charge in [0.1, 0.15) is 0 Å². The summed E-state index contributed by atoms with van der Waals surface area (Å²) in [5.41, 5.74) is 0.416. The van der Waals surface area contributed by atoms with Crippen molar-refractivity contribution < 1.29 is 4.74 Å². The highest BCUT2D eigenvalue weighted by Gasteiger charge is 2.32. The van der Waals surface area contributed by atoms with Crippen LogP contribution in [0.2, 0.25) is 0 Å². The molecule has 1 aliphatic rings. The molecule has 0 bridgehead atoms. The number of ether oxygens (including phenoxy) is 1. The smallest absolute Gasteiger partial charge is 0.0622 e. The Morgan fingerprint density at radius 2 is 1.95 bits per heavy atom. The van der Waals surface area contributed by atoms with E-state index in [1.807, 2.05) is 0 Å². The van der Waals surface area contributed by atoms with Gasteiger partial charge in [0.25, 0.3) is 0 Å². The first-order chi connectivity index (χ1) is 9.56. The second-order valence-electron chi connectivity index (χ2n) is 6.84. The molecule has 0 aromatic carbocycles. The number of hydrogen-bond acceptors (Lipinski definition) is 3. The molecule has 0 aliphatic carbocycles. The highest BCUT2D eigenvalue weighted by atomic mass is 16.5. The predicted molar refractivity (Wildman–Crippen MR) is 87.2 cm³/mol. The molecule has 20 heavy (non-hydrogen) atoms. The molecule has 3 nitrogen and oxygen atoms in total. The zero-order valence-corrected chi connectivity index (χ0v) is 14.4. The Bertz CT molecular complexity index is 251. The summed E-state index contributed by atoms with van der Waals surface area (Å²) in [6.07, 6.45) is 3.70. The van der Waals surface area contributed by atoms with Crippen molar-refractivity contribution >= 4 is 0 Å². The molecule has 120 valence electrons. The van der Waals surface area contributed by atoms with Gasteiger partial charge in [-0.05, 0) is 37.1 Å². The largest absolute Gasteiger partial charge is 0.378 e. The van der Waals surface area contributed by atoms with Gasteiger partial charge in [0.2, 0.25) is 0 Å². The maximum Gasteiger partial charge on any atom is 0.0622 e. The zero-order chi connectivity index (χ0) is 15.0. The van der Waals surface area contributed by atoms with Crippen LogP contribution < -0.4 is 5.32 Å². The summed E-state index contributed by atoms with van der Waals surface area (Å²) in [5.74, 6) is 0.730. The molecule has 0 aromatic rings. The maximum atomic E-state index is 5.64. The van der Waals surface area contributed by atoms with Crippen LogP contribution in [0.5, 0.6) is 0 Å². The molecule has 1 N–H and O–H groups in total. The number of rotatable bonds is 9. The van der Waals surface area contributed by atoms with Crippen LogP contribution in [0, 0.1) is 11.3 Å². The van der Waals surface area contributed by atoms with Gasteiger partial charge >= 0.3 is 0 Å². The fraction of sp³-hybridized carbons (Fsp3) is 1.00. The molecule has 1 saturated heterocycles. The van der Waals surface area contributed by atoms with E-state index in [-0.39, 0.29) is 0 Å². The Kier molecular flexibility index (Phi) is 8.08. The van der Waals surface area contributed by atoms with E-state index in [1.54, 1.807) is 0 Å². The molecule has 1 aliphatic heterocycles. The van der Waals surface area contributed by atoms with E-state index < -0.39 is 0 Å². The summed E-state index contributed by atoms with van der Waals surface area (Å²) in [4.78, 5) is 2.67. The second-order valence-corrected chi connectivity index (χ2v) is 6.84. The molecule has 1 atom stereocenters. The van der Waals surface area contributed by atoms with Crippen LogP contribution in [0.1, 0.15) is 53.9 Å². The molecule has 1 fully saturated rings. The van der Waals surface area contributed by atoms with Crippen LogP contribution in [0.25, 0.3) is 0 Å². The lowest BCUT2D eigenvalue weighted by atomic mass is 9.81. The Morgan fingerprint density at radius 3 is 2.50 bits per heavy atom. The lowest BCUT2D eigenvalue weighted by Gasteiger charge is -2.43. The molecule has 0 spiro atoms. The summed E-state index contributed by atoms with van der Waals surface area (Å²) >= 11 is 0. The minimum atomic E-state index is 0.416. The van der Waals surface area contributed by atoms with E-state index in [1.165, 1.54) is 25.8 Å². The van der Waals surface area contributed by atoms with E-state index >= 15 is 0 Å². The normalized spacial score (nSPS) is 21.6. The van der Waals surface area contributed by atoms with Crippen LogP contribution in [0.4, 0.5) is 0 Å². The minimum Gasteiger partial charge on any atom is -0.378 e. The van der Waals surface area contributed by atoms with E-state index in [2.05, 4.69) is 44.8 Å². The first kappa shape index (κ1) is 17.9. The molecular weight excluding hydrogens is 248 g/mol. The molecule has 0 saturated carbocycles. The molecule has 1 heterocycles. The van der Waals surface area contributed by atoms with Gasteiger partial charge in [-0.2, -0.15) is 0 Å². The van der Waals surface area contributed by atoms with Crippen molar-refractivity contribution in [3.05, 3.63) is 0 Å². The van der Waals surface area contributed by atoms with Crippen molar-refractivity contribution in [2.45, 2.75) is 59.9 Å². The second kappa shape index (κ2) is 9.01. The van der Waals surface area contributed by atoms with E-state index in [0.29, 0.717) is 11.5 Å². The van der Waals surface area contributed by atoms with Gasteiger partial charge in [0, 0.05) is 25.7 Å². The molecule has 1 unspecified atom stereocenters. The predicted octanol–water partition coefficient (Wildman–Crippen LogP) is 3.15. The van der Waals surface area contributed by atoms with Crippen LogP contribution in [-0.4, -0.2) is 50.3 Å². The third-order valence-electron chi connectivity index (χ3n) is 4.91. The SMILES string of the molecule is CCC1COCCN1CC(CC)(CC)CNCC(C)C. The van der Waals surface area contributed by atoms with Crippen molar-refractivity contribution in [2.75, 3.05) is 39.4 Å². The molecule has 0 aromatic heterocycles. The van der Waals surface area contributed by atoms with Crippen molar-refractivity contribution in [2.24, 2.45) is 11.3 Å². The topological polar surface area (TPSA) is 24.5 Å². The molecule has 0 amide bonds. The van der Waals surface area contributed by atoms with Gasteiger partial charge < -0.3 is 10.1 Å². The summed E-state index contributed by atoms with van der Waals surface area (Å²) in [7, 11) is 0. The Labute approximate surface area is 126 Å². The van der Waals surface area contributed by atoms with Crippen LogP contribution in [-0.2, 0) is 4.74 Å². The van der Waals surface area contributed by atoms with Crippen molar-refractivity contribution in [1.82, 2.24) is 10.2 Å². The molecule has 3 heteroatoms. The first-order valence-electron chi connectivity index (χ1n) is 8.59. The Morgan fingerprint density at radius 1 is 1.25 bits per heavy atom. The number of hydrogen-bond donors (Lipinski definition) is 1. The van der Waals surface area contributed by atoms with Crippen molar-refractivity contribution in [1.29, 1.82) is 0 Å². The first-order valence-corrected chi connectivity index (χ1v) is 8.59. The highest BCUT2D eigenvalue weighted by Crippen LogP contribution is 2.29. The standard InChI is InChI=1S/C17H36N2O/c1-6-16-12-20-10-9-19(16)14-17(7-2,8-3)13-18-11-15(4)5/h15-16,18H,6-14H2,1-5H3. The molecular formula is C17H36N2O. The summed E-state index contributed by atoms with van der Waals surface area (Å²) < 4.78 is 5.64. The third-order valence-corrected chi connectivity index (χ3v) is 4.91. The van der Waals surface area contributed by atoms with Gasteiger partial charge in [-0.1, -0.05) is 34.6 Å². The summed E-state index contributed by atoms with van der Waals surface area (Å²) in [5, 5.41) is 3.69. The quantitative estimate of drug-likeness (QED) is 0.704. The zero-order valence-electron chi connectivity index (χ0n) is 14.4. The Balaban J connectivity index is 2.59. The van der Waals surface area contributed by atoms with Crippen LogP contribution >= 0.6 is 0 Å². The number of nitrogens with one attached hydrogen (secondary N) is 1. The molecule has 0 radical (unpaired) electrons. The highest BCUT2D eigenvalue weighted by molar-refractivity contribution is 4.86. The maximum absolute atomic E-state index is 5.64. The molecule has 1 rings (SSSR count). The summed E-state index contributed by atoms with van der Waals surface area (Å²) in [6, 6.07) is 0.617. The van der Waals surface area contributed by atoms with E-state index in [4.69, 9.17) is 4.74 Å². The average molecular weight is 284 g/mol. The van der Waals surface area contributed by atoms with Gasteiger partial charge in [-0.3, -0.25) is 4.90 Å². The van der Waals surface area contributed by atoms with Crippen molar-refractivity contribution in [3.8, 4) is 0 Å². The van der Waals surface area contributed by atoms with Crippen LogP contribution in [0.3, 0.4) is 0 Å². The fourth-order valence-corrected chi connectivity index (χ4v) is 3.11. The number of nitrogens with zero attached hydrogens (tertiary/aromatic N) is 1. The number of morpholine rings is 1. The van der Waals surface area contributed by atoms with Gasteiger partial charge in [-0.15, -0.1) is 0 Å².